The van der Waals surface area contributed by atoms with Crippen LogP contribution in [0.25, 0.3) is 6.08 Å². The zero-order valence-electron chi connectivity index (χ0n) is 10.0. The van der Waals surface area contributed by atoms with Gasteiger partial charge < -0.3 is 19.3 Å². The molecule has 2 rings (SSSR count). The van der Waals surface area contributed by atoms with E-state index in [0.717, 1.165) is 12.5 Å². The summed E-state index contributed by atoms with van der Waals surface area (Å²) in [6.45, 7) is 2.74. The molecule has 1 aromatic rings. The molecule has 1 heterocycles. The van der Waals surface area contributed by atoms with Gasteiger partial charge in [0.1, 0.15) is 5.75 Å². The Morgan fingerprint density at radius 3 is 2.83 bits per heavy atom. The molecule has 0 atom stereocenters. The third-order valence-electron chi connectivity index (χ3n) is 2.37. The largest absolute Gasteiger partial charge is 0.493 e. The van der Waals surface area contributed by atoms with E-state index in [1.165, 1.54) is 6.08 Å². The molecule has 0 amide bonds. The minimum absolute atomic E-state index is 0.175. The van der Waals surface area contributed by atoms with Gasteiger partial charge in [-0.1, -0.05) is 6.92 Å². The zero-order valence-corrected chi connectivity index (χ0v) is 10.0. The van der Waals surface area contributed by atoms with Crippen LogP contribution in [0.3, 0.4) is 0 Å². The number of carbonyl (C=O) groups is 1. The Morgan fingerprint density at radius 2 is 2.17 bits per heavy atom. The fraction of sp³-hybridized carbons (Fsp3) is 0.308. The summed E-state index contributed by atoms with van der Waals surface area (Å²) >= 11 is 0. The van der Waals surface area contributed by atoms with E-state index in [1.54, 1.807) is 12.1 Å². The maximum Gasteiger partial charge on any atom is 0.328 e. The minimum atomic E-state index is -1.01. The van der Waals surface area contributed by atoms with Crippen LogP contribution in [0.2, 0.25) is 0 Å². The molecule has 5 nitrogen and oxygen atoms in total. The SMILES string of the molecule is CCCOc1cc2c(cc1C=CC(=O)O)OCO2. The summed E-state index contributed by atoms with van der Waals surface area (Å²) in [5.74, 6) is 0.810. The Hall–Kier alpha value is -2.17. The summed E-state index contributed by atoms with van der Waals surface area (Å²) in [6.07, 6.45) is 3.42. The lowest BCUT2D eigenvalue weighted by atomic mass is 10.1. The van der Waals surface area contributed by atoms with Crippen LogP contribution in [0.15, 0.2) is 18.2 Å². The second-order valence-electron chi connectivity index (χ2n) is 3.76. The maximum atomic E-state index is 10.5. The molecule has 0 saturated carbocycles. The van der Waals surface area contributed by atoms with Crippen LogP contribution in [-0.4, -0.2) is 24.5 Å². The number of hydrogen-bond donors (Lipinski definition) is 1. The molecule has 0 aliphatic carbocycles. The van der Waals surface area contributed by atoms with Crippen molar-refractivity contribution in [3.8, 4) is 17.2 Å². The van der Waals surface area contributed by atoms with E-state index in [9.17, 15) is 4.79 Å². The highest BCUT2D eigenvalue weighted by Crippen LogP contribution is 2.38. The van der Waals surface area contributed by atoms with Gasteiger partial charge in [-0.15, -0.1) is 0 Å². The molecule has 96 valence electrons. The van der Waals surface area contributed by atoms with Crippen molar-refractivity contribution in [2.45, 2.75) is 13.3 Å². The van der Waals surface area contributed by atoms with Gasteiger partial charge in [-0.2, -0.15) is 0 Å². The van der Waals surface area contributed by atoms with Gasteiger partial charge in [-0.3, -0.25) is 0 Å². The average Bonchev–Trinajstić information content (AvgIpc) is 2.79. The van der Waals surface area contributed by atoms with Crippen LogP contribution in [0, 0.1) is 0 Å². The first-order chi connectivity index (χ1) is 8.70. The molecule has 0 saturated heterocycles. The Morgan fingerprint density at radius 1 is 1.44 bits per heavy atom. The van der Waals surface area contributed by atoms with Crippen molar-refractivity contribution in [2.24, 2.45) is 0 Å². The molecule has 1 aliphatic rings. The van der Waals surface area contributed by atoms with E-state index in [-0.39, 0.29) is 6.79 Å². The van der Waals surface area contributed by atoms with Crippen LogP contribution in [0.5, 0.6) is 17.2 Å². The van der Waals surface area contributed by atoms with Gasteiger partial charge in [0.25, 0.3) is 0 Å². The van der Waals surface area contributed by atoms with Crippen molar-refractivity contribution in [1.29, 1.82) is 0 Å². The number of aliphatic carboxylic acids is 1. The molecule has 1 N–H and O–H groups in total. The normalized spacial score (nSPS) is 12.9. The summed E-state index contributed by atoms with van der Waals surface area (Å²) < 4.78 is 16.1. The highest BCUT2D eigenvalue weighted by atomic mass is 16.7. The van der Waals surface area contributed by atoms with Crippen LogP contribution in [0.4, 0.5) is 0 Å². The maximum absolute atomic E-state index is 10.5. The molecule has 0 spiro atoms. The Kier molecular flexibility index (Phi) is 3.72. The van der Waals surface area contributed by atoms with Gasteiger partial charge in [0, 0.05) is 17.7 Å². The summed E-state index contributed by atoms with van der Waals surface area (Å²) in [7, 11) is 0. The molecule has 0 fully saturated rings. The van der Waals surface area contributed by atoms with Crippen LogP contribution >= 0.6 is 0 Å². The van der Waals surface area contributed by atoms with Crippen LogP contribution < -0.4 is 14.2 Å². The second kappa shape index (κ2) is 5.44. The number of carboxylic acid groups (broad SMARTS) is 1. The quantitative estimate of drug-likeness (QED) is 0.812. The Labute approximate surface area is 105 Å². The van der Waals surface area contributed by atoms with Crippen molar-refractivity contribution in [3.05, 3.63) is 23.8 Å². The average molecular weight is 250 g/mol. The fourth-order valence-electron chi connectivity index (χ4n) is 1.57. The smallest absolute Gasteiger partial charge is 0.328 e. The standard InChI is InChI=1S/C13H14O5/c1-2-5-16-10-7-12-11(17-8-18-12)6-9(10)3-4-13(14)15/h3-4,6-7H,2,5,8H2,1H3,(H,14,15). The van der Waals surface area contributed by atoms with Crippen LogP contribution in [0.1, 0.15) is 18.9 Å². The van der Waals surface area contributed by atoms with Gasteiger partial charge >= 0.3 is 5.97 Å². The number of rotatable bonds is 5. The summed E-state index contributed by atoms with van der Waals surface area (Å²) in [6, 6.07) is 3.44. The van der Waals surface area contributed by atoms with Gasteiger partial charge in [0.2, 0.25) is 6.79 Å². The minimum Gasteiger partial charge on any atom is -0.493 e. The number of benzene rings is 1. The lowest BCUT2D eigenvalue weighted by molar-refractivity contribution is -0.131. The molecule has 1 aliphatic heterocycles. The summed E-state index contributed by atoms with van der Waals surface area (Å²) in [5.41, 5.74) is 0.662. The zero-order chi connectivity index (χ0) is 13.0. The van der Waals surface area contributed by atoms with E-state index in [4.69, 9.17) is 19.3 Å². The number of fused-ring (bicyclic) bond motifs is 1. The molecular formula is C13H14O5. The first-order valence-electron chi connectivity index (χ1n) is 5.68. The lowest BCUT2D eigenvalue weighted by Crippen LogP contribution is -1.97. The number of ether oxygens (including phenoxy) is 3. The molecule has 0 radical (unpaired) electrons. The van der Waals surface area contributed by atoms with E-state index < -0.39 is 5.97 Å². The van der Waals surface area contributed by atoms with E-state index >= 15 is 0 Å². The Bertz CT molecular complexity index is 479. The highest BCUT2D eigenvalue weighted by molar-refractivity contribution is 5.86. The van der Waals surface area contributed by atoms with Gasteiger partial charge in [-0.25, -0.2) is 4.79 Å². The summed E-state index contributed by atoms with van der Waals surface area (Å²) in [5, 5.41) is 8.65. The van der Waals surface area contributed by atoms with E-state index in [2.05, 4.69) is 0 Å². The fourth-order valence-corrected chi connectivity index (χ4v) is 1.57. The van der Waals surface area contributed by atoms with Crippen LogP contribution in [-0.2, 0) is 4.79 Å². The molecule has 0 bridgehead atoms. The first kappa shape index (κ1) is 12.3. The molecule has 0 unspecified atom stereocenters. The number of carboxylic acids is 1. The Balaban J connectivity index is 2.31. The van der Waals surface area contributed by atoms with Gasteiger partial charge in [0.05, 0.1) is 6.61 Å². The second-order valence-corrected chi connectivity index (χ2v) is 3.76. The van der Waals surface area contributed by atoms with Crippen molar-refractivity contribution in [2.75, 3.05) is 13.4 Å². The molecule has 1 aromatic carbocycles. The van der Waals surface area contributed by atoms with Crippen molar-refractivity contribution >= 4 is 12.0 Å². The predicted molar refractivity (Wildman–Crippen MR) is 65.0 cm³/mol. The van der Waals surface area contributed by atoms with Crippen molar-refractivity contribution in [1.82, 2.24) is 0 Å². The predicted octanol–water partition coefficient (Wildman–Crippen LogP) is 2.30. The summed E-state index contributed by atoms with van der Waals surface area (Å²) in [4.78, 5) is 10.5. The van der Waals surface area contributed by atoms with Crippen molar-refractivity contribution in [3.63, 3.8) is 0 Å². The van der Waals surface area contributed by atoms with E-state index in [1.807, 2.05) is 6.92 Å². The highest BCUT2D eigenvalue weighted by Gasteiger charge is 2.17. The monoisotopic (exact) mass is 250 g/mol. The van der Waals surface area contributed by atoms with Gasteiger partial charge in [0.15, 0.2) is 11.5 Å². The number of hydrogen-bond acceptors (Lipinski definition) is 4. The molecule has 0 aromatic heterocycles. The molecule has 18 heavy (non-hydrogen) atoms. The van der Waals surface area contributed by atoms with Gasteiger partial charge in [-0.05, 0) is 18.6 Å². The first-order valence-corrected chi connectivity index (χ1v) is 5.68. The topological polar surface area (TPSA) is 65.0 Å². The van der Waals surface area contributed by atoms with Crippen molar-refractivity contribution < 1.29 is 24.1 Å². The third kappa shape index (κ3) is 2.74. The van der Waals surface area contributed by atoms with E-state index in [0.29, 0.717) is 29.4 Å². The third-order valence-corrected chi connectivity index (χ3v) is 2.37. The molecule has 5 heteroatoms. The lowest BCUT2D eigenvalue weighted by Gasteiger charge is -2.09. The molecular weight excluding hydrogens is 236 g/mol.